The van der Waals surface area contributed by atoms with Gasteiger partial charge >= 0.3 is 0 Å². The third kappa shape index (κ3) is 2.34. The van der Waals surface area contributed by atoms with Gasteiger partial charge in [-0.2, -0.15) is 0 Å². The summed E-state index contributed by atoms with van der Waals surface area (Å²) in [4.78, 5) is 13.2. The first-order chi connectivity index (χ1) is 12.2. The van der Waals surface area contributed by atoms with Gasteiger partial charge < -0.3 is 5.32 Å². The summed E-state index contributed by atoms with van der Waals surface area (Å²) >= 11 is 0. The fourth-order valence-corrected chi connectivity index (χ4v) is 5.76. The van der Waals surface area contributed by atoms with Crippen molar-refractivity contribution in [2.45, 2.75) is 44.6 Å². The first-order valence-corrected chi connectivity index (χ1v) is 9.71. The fraction of sp³-hybridized carbons (Fsp3) is 0.435. The Morgan fingerprint density at radius 3 is 2.16 bits per heavy atom. The van der Waals surface area contributed by atoms with Crippen LogP contribution in [0, 0.1) is 17.8 Å². The summed E-state index contributed by atoms with van der Waals surface area (Å²) < 4.78 is 0. The summed E-state index contributed by atoms with van der Waals surface area (Å²) in [6, 6.07) is 17.0. The Labute approximate surface area is 149 Å². The molecule has 0 unspecified atom stereocenters. The third-order valence-corrected chi connectivity index (χ3v) is 6.90. The SMILES string of the molecule is C[C@H](NC(=O)C1c2ccccc2-c2ccccc21)[C@H]1C[C@H]2CC[C@H]1C2. The van der Waals surface area contributed by atoms with Gasteiger partial charge in [0.1, 0.15) is 0 Å². The molecule has 2 heteroatoms. The largest absolute Gasteiger partial charge is 0.353 e. The lowest BCUT2D eigenvalue weighted by molar-refractivity contribution is -0.122. The average molecular weight is 331 g/mol. The van der Waals surface area contributed by atoms with Crippen molar-refractivity contribution in [3.05, 3.63) is 59.7 Å². The summed E-state index contributed by atoms with van der Waals surface area (Å²) in [6.07, 6.45) is 5.47. The van der Waals surface area contributed by atoms with Crippen LogP contribution >= 0.6 is 0 Å². The van der Waals surface area contributed by atoms with Crippen LogP contribution < -0.4 is 5.32 Å². The van der Waals surface area contributed by atoms with E-state index in [1.165, 1.54) is 36.8 Å². The first-order valence-electron chi connectivity index (χ1n) is 9.71. The highest BCUT2D eigenvalue weighted by molar-refractivity contribution is 5.96. The van der Waals surface area contributed by atoms with Crippen molar-refractivity contribution in [1.29, 1.82) is 0 Å². The van der Waals surface area contributed by atoms with Crippen LogP contribution in [0.5, 0.6) is 0 Å². The van der Waals surface area contributed by atoms with E-state index in [9.17, 15) is 4.79 Å². The second kappa shape index (κ2) is 5.72. The van der Waals surface area contributed by atoms with E-state index < -0.39 is 0 Å². The minimum atomic E-state index is -0.159. The number of hydrogen-bond acceptors (Lipinski definition) is 1. The van der Waals surface area contributed by atoms with Crippen LogP contribution in [0.15, 0.2) is 48.5 Å². The molecule has 3 aliphatic rings. The van der Waals surface area contributed by atoms with Gasteiger partial charge in [0.2, 0.25) is 5.91 Å². The molecule has 5 rings (SSSR count). The lowest BCUT2D eigenvalue weighted by atomic mass is 9.83. The normalized spacial score (nSPS) is 27.8. The molecule has 2 nitrogen and oxygen atoms in total. The predicted molar refractivity (Wildman–Crippen MR) is 100 cm³/mol. The van der Waals surface area contributed by atoms with E-state index in [0.29, 0.717) is 5.92 Å². The number of amides is 1. The van der Waals surface area contributed by atoms with Gasteiger partial charge in [-0.1, -0.05) is 55.0 Å². The van der Waals surface area contributed by atoms with Gasteiger partial charge in [0, 0.05) is 6.04 Å². The average Bonchev–Trinajstić information content (AvgIpc) is 3.34. The number of carbonyl (C=O) groups is 1. The molecule has 2 aromatic carbocycles. The van der Waals surface area contributed by atoms with Gasteiger partial charge in [-0.15, -0.1) is 0 Å². The molecule has 128 valence electrons. The van der Waals surface area contributed by atoms with Gasteiger partial charge in [-0.3, -0.25) is 4.79 Å². The molecular weight excluding hydrogens is 306 g/mol. The molecule has 0 spiro atoms. The molecule has 3 aliphatic carbocycles. The van der Waals surface area contributed by atoms with Crippen molar-refractivity contribution in [3.63, 3.8) is 0 Å². The molecule has 1 amide bonds. The number of nitrogens with one attached hydrogen (secondary N) is 1. The van der Waals surface area contributed by atoms with Crippen LogP contribution in [0.25, 0.3) is 11.1 Å². The van der Waals surface area contributed by atoms with Gasteiger partial charge in [-0.25, -0.2) is 0 Å². The third-order valence-electron chi connectivity index (χ3n) is 6.90. The van der Waals surface area contributed by atoms with Crippen molar-refractivity contribution in [3.8, 4) is 11.1 Å². The molecule has 0 aromatic heterocycles. The predicted octanol–water partition coefficient (Wildman–Crippen LogP) is 4.74. The zero-order valence-electron chi connectivity index (χ0n) is 14.7. The van der Waals surface area contributed by atoms with Crippen molar-refractivity contribution < 1.29 is 4.79 Å². The summed E-state index contributed by atoms with van der Waals surface area (Å²) in [7, 11) is 0. The van der Waals surface area contributed by atoms with Gasteiger partial charge in [0.15, 0.2) is 0 Å². The summed E-state index contributed by atoms with van der Waals surface area (Å²) in [5.74, 6) is 2.45. The minimum Gasteiger partial charge on any atom is -0.353 e. The van der Waals surface area contributed by atoms with Crippen LogP contribution in [0.3, 0.4) is 0 Å². The lowest BCUT2D eigenvalue weighted by Gasteiger charge is -2.29. The number of carbonyl (C=O) groups excluding carboxylic acids is 1. The quantitative estimate of drug-likeness (QED) is 0.865. The summed E-state index contributed by atoms with van der Waals surface area (Å²) in [5.41, 5.74) is 4.74. The Hall–Kier alpha value is -2.09. The Balaban J connectivity index is 1.42. The molecule has 0 heterocycles. The Morgan fingerprint density at radius 1 is 0.960 bits per heavy atom. The number of hydrogen-bond donors (Lipinski definition) is 1. The van der Waals surface area contributed by atoms with E-state index in [0.717, 1.165) is 23.0 Å². The second-order valence-corrected chi connectivity index (χ2v) is 8.24. The zero-order valence-corrected chi connectivity index (χ0v) is 14.7. The maximum Gasteiger partial charge on any atom is 0.232 e. The molecule has 2 aromatic rings. The van der Waals surface area contributed by atoms with E-state index in [1.54, 1.807) is 0 Å². The van der Waals surface area contributed by atoms with Gasteiger partial charge in [-0.05, 0) is 66.2 Å². The van der Waals surface area contributed by atoms with E-state index in [-0.39, 0.29) is 17.9 Å². The molecule has 0 aliphatic heterocycles. The van der Waals surface area contributed by atoms with Gasteiger partial charge in [0.05, 0.1) is 5.92 Å². The molecule has 25 heavy (non-hydrogen) atoms. The van der Waals surface area contributed by atoms with Crippen molar-refractivity contribution in [1.82, 2.24) is 5.32 Å². The van der Waals surface area contributed by atoms with E-state index in [2.05, 4.69) is 48.6 Å². The van der Waals surface area contributed by atoms with E-state index in [1.807, 2.05) is 12.1 Å². The number of rotatable bonds is 3. The van der Waals surface area contributed by atoms with Crippen molar-refractivity contribution >= 4 is 5.91 Å². The maximum atomic E-state index is 13.2. The number of fused-ring (bicyclic) bond motifs is 5. The molecule has 0 radical (unpaired) electrons. The molecular formula is C23H25NO. The summed E-state index contributed by atoms with van der Waals surface area (Å²) in [5, 5.41) is 3.39. The lowest BCUT2D eigenvalue weighted by Crippen LogP contribution is -2.42. The fourth-order valence-electron chi connectivity index (χ4n) is 5.76. The first kappa shape index (κ1) is 15.2. The van der Waals surface area contributed by atoms with Crippen molar-refractivity contribution in [2.75, 3.05) is 0 Å². The minimum absolute atomic E-state index is 0.159. The molecule has 2 fully saturated rings. The van der Waals surface area contributed by atoms with E-state index >= 15 is 0 Å². The Morgan fingerprint density at radius 2 is 1.60 bits per heavy atom. The molecule has 4 atom stereocenters. The number of benzene rings is 2. The molecule has 0 saturated heterocycles. The smallest absolute Gasteiger partial charge is 0.232 e. The highest BCUT2D eigenvalue weighted by Gasteiger charge is 2.43. The van der Waals surface area contributed by atoms with E-state index in [4.69, 9.17) is 0 Å². The molecule has 2 saturated carbocycles. The van der Waals surface area contributed by atoms with Crippen LogP contribution in [-0.2, 0) is 4.79 Å². The highest BCUT2D eigenvalue weighted by atomic mass is 16.2. The van der Waals surface area contributed by atoms with Crippen LogP contribution in [0.4, 0.5) is 0 Å². The molecule has 2 bridgehead atoms. The van der Waals surface area contributed by atoms with Crippen LogP contribution in [0.1, 0.15) is 49.7 Å². The monoisotopic (exact) mass is 331 g/mol. The zero-order chi connectivity index (χ0) is 17.0. The topological polar surface area (TPSA) is 29.1 Å². The van der Waals surface area contributed by atoms with Gasteiger partial charge in [0.25, 0.3) is 0 Å². The molecule has 1 N–H and O–H groups in total. The standard InChI is InChI=1S/C23H25NO/c1-14(21-13-15-10-11-16(21)12-15)24-23(25)22-19-8-4-2-6-17(19)18-7-3-5-9-20(18)22/h2-9,14-16,21-22H,10-13H2,1H3,(H,24,25)/t14-,15-,16-,21+/m0/s1. The maximum absolute atomic E-state index is 13.2. The Kier molecular flexibility index (Phi) is 3.48. The second-order valence-electron chi connectivity index (χ2n) is 8.24. The van der Waals surface area contributed by atoms with Crippen molar-refractivity contribution in [2.24, 2.45) is 17.8 Å². The highest BCUT2D eigenvalue weighted by Crippen LogP contribution is 2.50. The van der Waals surface area contributed by atoms with Crippen LogP contribution in [0.2, 0.25) is 0 Å². The summed E-state index contributed by atoms with van der Waals surface area (Å²) in [6.45, 7) is 2.22. The van der Waals surface area contributed by atoms with Crippen LogP contribution in [-0.4, -0.2) is 11.9 Å². The Bertz CT molecular complexity index is 781.